The highest BCUT2D eigenvalue weighted by molar-refractivity contribution is 5.68. The van der Waals surface area contributed by atoms with Crippen molar-refractivity contribution in [1.82, 2.24) is 10.2 Å². The van der Waals surface area contributed by atoms with E-state index in [0.29, 0.717) is 0 Å². The van der Waals surface area contributed by atoms with Gasteiger partial charge in [0.1, 0.15) is 5.60 Å². The molecule has 1 heterocycles. The molecule has 0 radical (unpaired) electrons. The summed E-state index contributed by atoms with van der Waals surface area (Å²) in [5.41, 5.74) is -0.433. The second-order valence-corrected chi connectivity index (χ2v) is 6.53. The van der Waals surface area contributed by atoms with E-state index in [0.717, 1.165) is 32.5 Å². The van der Waals surface area contributed by atoms with Crippen molar-refractivity contribution in [2.24, 2.45) is 0 Å². The molecular formula is C15H30N2O3. The fourth-order valence-corrected chi connectivity index (χ4v) is 2.31. The van der Waals surface area contributed by atoms with Crippen LogP contribution in [0.25, 0.3) is 0 Å². The second kappa shape index (κ2) is 7.84. The molecule has 1 N–H and O–H groups in total. The van der Waals surface area contributed by atoms with Crippen LogP contribution < -0.4 is 5.32 Å². The van der Waals surface area contributed by atoms with Gasteiger partial charge >= 0.3 is 6.09 Å². The van der Waals surface area contributed by atoms with Gasteiger partial charge in [-0.15, -0.1) is 0 Å². The zero-order valence-corrected chi connectivity index (χ0v) is 13.6. The minimum Gasteiger partial charge on any atom is -0.444 e. The summed E-state index contributed by atoms with van der Waals surface area (Å²) in [5.74, 6) is 0. The molecule has 1 amide bonds. The minimum absolute atomic E-state index is 0.188. The average molecular weight is 286 g/mol. The van der Waals surface area contributed by atoms with Crippen LogP contribution in [0.4, 0.5) is 4.79 Å². The minimum atomic E-state index is -0.433. The van der Waals surface area contributed by atoms with Gasteiger partial charge in [-0.2, -0.15) is 0 Å². The van der Waals surface area contributed by atoms with Crippen LogP contribution in [0.5, 0.6) is 0 Å². The van der Waals surface area contributed by atoms with Crippen LogP contribution in [0.1, 0.15) is 47.0 Å². The van der Waals surface area contributed by atoms with Gasteiger partial charge in [0.25, 0.3) is 0 Å². The van der Waals surface area contributed by atoms with Gasteiger partial charge in [-0.3, -0.25) is 0 Å². The van der Waals surface area contributed by atoms with Crippen LogP contribution in [-0.4, -0.2) is 55.5 Å². The monoisotopic (exact) mass is 286 g/mol. The first-order valence-corrected chi connectivity index (χ1v) is 7.56. The standard InChI is InChI=1S/C15H30N2O3/c1-12(19-5)10-16-11-13-8-6-7-9-17(13)14(18)20-15(2,3)4/h12-13,16H,6-11H2,1-5H3. The smallest absolute Gasteiger partial charge is 0.410 e. The van der Waals surface area contributed by atoms with E-state index in [1.165, 1.54) is 6.42 Å². The highest BCUT2D eigenvalue weighted by atomic mass is 16.6. The van der Waals surface area contributed by atoms with Crippen LogP contribution in [0.15, 0.2) is 0 Å². The fraction of sp³-hybridized carbons (Fsp3) is 0.933. The molecule has 1 saturated heterocycles. The van der Waals surface area contributed by atoms with Crippen molar-refractivity contribution < 1.29 is 14.3 Å². The van der Waals surface area contributed by atoms with Crippen molar-refractivity contribution in [2.45, 2.75) is 64.7 Å². The molecule has 1 aliphatic rings. The Kier molecular flexibility index (Phi) is 6.76. The summed E-state index contributed by atoms with van der Waals surface area (Å²) in [5, 5.41) is 3.38. The first-order valence-electron chi connectivity index (χ1n) is 7.56. The van der Waals surface area contributed by atoms with Gasteiger partial charge in [0.15, 0.2) is 0 Å². The lowest BCUT2D eigenvalue weighted by Crippen LogP contribution is -2.50. The van der Waals surface area contributed by atoms with Gasteiger partial charge in [-0.1, -0.05) is 0 Å². The third kappa shape index (κ3) is 6.09. The summed E-state index contributed by atoms with van der Waals surface area (Å²) in [6.07, 6.45) is 3.26. The van der Waals surface area contributed by atoms with Crippen LogP contribution >= 0.6 is 0 Å². The summed E-state index contributed by atoms with van der Waals surface area (Å²) in [6.45, 7) is 10.1. The maximum Gasteiger partial charge on any atom is 0.410 e. The second-order valence-electron chi connectivity index (χ2n) is 6.53. The fourth-order valence-electron chi connectivity index (χ4n) is 2.31. The van der Waals surface area contributed by atoms with E-state index in [2.05, 4.69) is 5.32 Å². The predicted octanol–water partition coefficient (Wildman–Crippen LogP) is 2.40. The van der Waals surface area contributed by atoms with Gasteiger partial charge in [-0.05, 0) is 47.0 Å². The first-order chi connectivity index (χ1) is 9.33. The first kappa shape index (κ1) is 17.2. The maximum atomic E-state index is 12.2. The molecule has 1 fully saturated rings. The predicted molar refractivity (Wildman–Crippen MR) is 79.9 cm³/mol. The number of carbonyl (C=O) groups is 1. The number of likely N-dealkylation sites (tertiary alicyclic amines) is 1. The Morgan fingerprint density at radius 2 is 2.10 bits per heavy atom. The molecule has 20 heavy (non-hydrogen) atoms. The summed E-state index contributed by atoms with van der Waals surface area (Å²) in [4.78, 5) is 14.1. The summed E-state index contributed by atoms with van der Waals surface area (Å²) in [7, 11) is 1.71. The third-order valence-electron chi connectivity index (χ3n) is 3.47. The Balaban J connectivity index is 2.47. The lowest BCUT2D eigenvalue weighted by molar-refractivity contribution is 0.00957. The third-order valence-corrected chi connectivity index (χ3v) is 3.47. The molecule has 0 spiro atoms. The topological polar surface area (TPSA) is 50.8 Å². The number of piperidine rings is 1. The van der Waals surface area contributed by atoms with Crippen molar-refractivity contribution in [2.75, 3.05) is 26.7 Å². The van der Waals surface area contributed by atoms with Gasteiger partial charge in [0.05, 0.1) is 6.10 Å². The zero-order valence-electron chi connectivity index (χ0n) is 13.6. The van der Waals surface area contributed by atoms with Crippen molar-refractivity contribution in [1.29, 1.82) is 0 Å². The highest BCUT2D eigenvalue weighted by Gasteiger charge is 2.30. The van der Waals surface area contributed by atoms with E-state index >= 15 is 0 Å². The van der Waals surface area contributed by atoms with Crippen LogP contribution in [0.2, 0.25) is 0 Å². The normalized spacial score (nSPS) is 21.6. The number of ether oxygens (including phenoxy) is 2. The van der Waals surface area contributed by atoms with Crippen molar-refractivity contribution in [3.05, 3.63) is 0 Å². The van der Waals surface area contributed by atoms with E-state index in [1.807, 2.05) is 32.6 Å². The van der Waals surface area contributed by atoms with E-state index in [4.69, 9.17) is 9.47 Å². The number of methoxy groups -OCH3 is 1. The molecule has 0 bridgehead atoms. The number of hydrogen-bond acceptors (Lipinski definition) is 4. The number of carbonyl (C=O) groups excluding carboxylic acids is 1. The van der Waals surface area contributed by atoms with E-state index in [1.54, 1.807) is 7.11 Å². The molecule has 0 aromatic rings. The maximum absolute atomic E-state index is 12.2. The Labute approximate surface area is 123 Å². The number of amides is 1. The highest BCUT2D eigenvalue weighted by Crippen LogP contribution is 2.20. The number of nitrogens with zero attached hydrogens (tertiary/aromatic N) is 1. The average Bonchev–Trinajstić information content (AvgIpc) is 2.37. The molecule has 2 atom stereocenters. The molecule has 1 rings (SSSR count). The summed E-state index contributed by atoms with van der Waals surface area (Å²) >= 11 is 0. The Morgan fingerprint density at radius 1 is 1.40 bits per heavy atom. The number of nitrogens with one attached hydrogen (secondary N) is 1. The summed E-state index contributed by atoms with van der Waals surface area (Å²) < 4.78 is 10.7. The lowest BCUT2D eigenvalue weighted by Gasteiger charge is -2.37. The van der Waals surface area contributed by atoms with E-state index < -0.39 is 5.60 Å². The molecule has 0 saturated carbocycles. The quantitative estimate of drug-likeness (QED) is 0.843. The van der Waals surface area contributed by atoms with E-state index in [-0.39, 0.29) is 18.2 Å². The van der Waals surface area contributed by atoms with Gasteiger partial charge in [0.2, 0.25) is 0 Å². The Bertz CT molecular complexity index is 302. The van der Waals surface area contributed by atoms with Gasteiger partial charge in [-0.25, -0.2) is 4.79 Å². The van der Waals surface area contributed by atoms with Gasteiger partial charge in [0, 0.05) is 32.8 Å². The molecule has 0 aromatic carbocycles. The van der Waals surface area contributed by atoms with Crippen molar-refractivity contribution >= 4 is 6.09 Å². The largest absolute Gasteiger partial charge is 0.444 e. The van der Waals surface area contributed by atoms with Gasteiger partial charge < -0.3 is 19.7 Å². The Hall–Kier alpha value is -0.810. The van der Waals surface area contributed by atoms with Crippen LogP contribution in [0, 0.1) is 0 Å². The lowest BCUT2D eigenvalue weighted by atomic mass is 10.0. The molecule has 1 aliphatic heterocycles. The van der Waals surface area contributed by atoms with E-state index in [9.17, 15) is 4.79 Å². The molecule has 2 unspecified atom stereocenters. The molecular weight excluding hydrogens is 256 g/mol. The molecule has 5 nitrogen and oxygen atoms in total. The molecule has 118 valence electrons. The van der Waals surface area contributed by atoms with Crippen LogP contribution in [-0.2, 0) is 9.47 Å². The SMILES string of the molecule is COC(C)CNCC1CCCCN1C(=O)OC(C)(C)C. The van der Waals surface area contributed by atoms with Crippen molar-refractivity contribution in [3.63, 3.8) is 0 Å². The zero-order chi connectivity index (χ0) is 15.2. The number of hydrogen-bond donors (Lipinski definition) is 1. The molecule has 0 aromatic heterocycles. The van der Waals surface area contributed by atoms with Crippen LogP contribution in [0.3, 0.4) is 0 Å². The molecule has 0 aliphatic carbocycles. The molecule has 5 heteroatoms. The Morgan fingerprint density at radius 3 is 2.70 bits per heavy atom. The van der Waals surface area contributed by atoms with Crippen molar-refractivity contribution in [3.8, 4) is 0 Å². The number of rotatable bonds is 5. The summed E-state index contributed by atoms with van der Waals surface area (Å²) in [6, 6.07) is 0.225.